The van der Waals surface area contributed by atoms with Gasteiger partial charge in [0.05, 0.1) is 18.5 Å². The second-order valence-corrected chi connectivity index (χ2v) is 4.04. The molecule has 0 spiro atoms. The van der Waals surface area contributed by atoms with Crippen LogP contribution in [0.1, 0.15) is 19.3 Å². The highest BCUT2D eigenvalue weighted by atomic mass is 16.3. The Hall–Kier alpha value is -1.36. The van der Waals surface area contributed by atoms with Gasteiger partial charge in [0.2, 0.25) is 0 Å². The molecule has 0 aromatic carbocycles. The van der Waals surface area contributed by atoms with Gasteiger partial charge in [0.1, 0.15) is 11.6 Å². The van der Waals surface area contributed by atoms with Crippen LogP contribution >= 0.6 is 0 Å². The number of nitrogen functional groups attached to an aromatic ring is 1. The first kappa shape index (κ1) is 10.2. The number of nitrogens with one attached hydrogen (secondary N) is 1. The number of aliphatic hydroxyl groups is 1. The molecule has 1 heterocycles. The topological polar surface area (TPSA) is 84.1 Å². The van der Waals surface area contributed by atoms with Gasteiger partial charge in [0.15, 0.2) is 0 Å². The van der Waals surface area contributed by atoms with Crippen molar-refractivity contribution in [2.75, 3.05) is 17.6 Å². The van der Waals surface area contributed by atoms with Crippen LogP contribution in [-0.2, 0) is 0 Å². The van der Waals surface area contributed by atoms with Gasteiger partial charge in [0, 0.05) is 6.54 Å². The summed E-state index contributed by atoms with van der Waals surface area (Å²) in [5.41, 5.74) is 5.43. The van der Waals surface area contributed by atoms with Crippen molar-refractivity contribution in [1.29, 1.82) is 0 Å². The molecule has 0 aliphatic heterocycles. The maximum Gasteiger partial charge on any atom is 0.144 e. The van der Waals surface area contributed by atoms with Gasteiger partial charge in [0.25, 0.3) is 0 Å². The molecule has 2 rings (SSSR count). The molecule has 2 atom stereocenters. The molecule has 1 fully saturated rings. The van der Waals surface area contributed by atoms with E-state index in [4.69, 9.17) is 5.73 Å². The quantitative estimate of drug-likeness (QED) is 0.678. The van der Waals surface area contributed by atoms with E-state index in [1.54, 1.807) is 6.20 Å². The van der Waals surface area contributed by atoms with Crippen LogP contribution in [0.3, 0.4) is 0 Å². The molecule has 1 aliphatic carbocycles. The van der Waals surface area contributed by atoms with Crippen LogP contribution < -0.4 is 11.1 Å². The van der Waals surface area contributed by atoms with Crippen molar-refractivity contribution in [2.24, 2.45) is 5.92 Å². The molecule has 1 saturated carbocycles. The molecule has 5 heteroatoms. The van der Waals surface area contributed by atoms with Crippen LogP contribution in [0, 0.1) is 5.92 Å². The molecular formula is C10H16N4O. The number of hydrogen-bond acceptors (Lipinski definition) is 5. The average molecular weight is 208 g/mol. The number of anilines is 2. The van der Waals surface area contributed by atoms with Crippen molar-refractivity contribution >= 4 is 11.6 Å². The summed E-state index contributed by atoms with van der Waals surface area (Å²) in [6.45, 7) is 0.843. The molecule has 1 aromatic rings. The van der Waals surface area contributed by atoms with Crippen LogP contribution in [-0.4, -0.2) is 27.7 Å². The lowest BCUT2D eigenvalue weighted by molar-refractivity contribution is 0.178. The van der Waals surface area contributed by atoms with Crippen molar-refractivity contribution in [3.05, 3.63) is 12.4 Å². The molecule has 5 nitrogen and oxygen atoms in total. The number of nitrogens with two attached hydrogens (primary N) is 1. The second-order valence-electron chi connectivity index (χ2n) is 4.04. The number of nitrogens with zero attached hydrogens (tertiary/aromatic N) is 2. The Labute approximate surface area is 88.7 Å². The fraction of sp³-hybridized carbons (Fsp3) is 0.600. The second kappa shape index (κ2) is 4.44. The molecule has 0 saturated heterocycles. The van der Waals surface area contributed by atoms with Gasteiger partial charge in [-0.3, -0.25) is 0 Å². The lowest BCUT2D eigenvalue weighted by Crippen LogP contribution is -2.13. The van der Waals surface area contributed by atoms with E-state index >= 15 is 0 Å². The van der Waals surface area contributed by atoms with Crippen LogP contribution in [0.2, 0.25) is 0 Å². The Morgan fingerprint density at radius 1 is 1.40 bits per heavy atom. The Kier molecular flexibility index (Phi) is 3.01. The van der Waals surface area contributed by atoms with Crippen LogP contribution in [0.25, 0.3) is 0 Å². The lowest BCUT2D eigenvalue weighted by atomic mass is 10.1. The smallest absolute Gasteiger partial charge is 0.144 e. The van der Waals surface area contributed by atoms with Crippen LogP contribution in [0.15, 0.2) is 12.4 Å². The fourth-order valence-electron chi connectivity index (χ4n) is 1.91. The molecule has 15 heavy (non-hydrogen) atoms. The molecule has 0 bridgehead atoms. The van der Waals surface area contributed by atoms with Gasteiger partial charge in [-0.2, -0.15) is 0 Å². The number of aliphatic hydroxyl groups excluding tert-OH is 1. The molecule has 4 N–H and O–H groups in total. The van der Waals surface area contributed by atoms with Gasteiger partial charge in [-0.25, -0.2) is 9.97 Å². The van der Waals surface area contributed by atoms with E-state index in [9.17, 15) is 5.11 Å². The zero-order valence-corrected chi connectivity index (χ0v) is 8.56. The first-order valence-corrected chi connectivity index (χ1v) is 5.23. The number of hydrogen-bond donors (Lipinski definition) is 3. The minimum Gasteiger partial charge on any atom is -0.393 e. The van der Waals surface area contributed by atoms with Crippen LogP contribution in [0.5, 0.6) is 0 Å². The predicted molar refractivity (Wildman–Crippen MR) is 58.3 cm³/mol. The summed E-state index contributed by atoms with van der Waals surface area (Å²) in [6.07, 6.45) is 5.92. The molecule has 0 radical (unpaired) electrons. The highest BCUT2D eigenvalue weighted by Gasteiger charge is 2.22. The number of rotatable bonds is 3. The van der Waals surface area contributed by atoms with Gasteiger partial charge in [-0.05, 0) is 25.2 Å². The largest absolute Gasteiger partial charge is 0.393 e. The Balaban J connectivity index is 1.80. The third-order valence-electron chi connectivity index (χ3n) is 2.76. The summed E-state index contributed by atoms with van der Waals surface area (Å²) in [5, 5.41) is 12.6. The maximum absolute atomic E-state index is 9.36. The van der Waals surface area contributed by atoms with E-state index in [1.807, 2.05) is 0 Å². The fourth-order valence-corrected chi connectivity index (χ4v) is 1.91. The average Bonchev–Trinajstić information content (AvgIpc) is 2.64. The van der Waals surface area contributed by atoms with Gasteiger partial charge in [-0.15, -0.1) is 0 Å². The van der Waals surface area contributed by atoms with Gasteiger partial charge < -0.3 is 16.2 Å². The van der Waals surface area contributed by atoms with E-state index in [0.29, 0.717) is 11.7 Å². The molecule has 2 unspecified atom stereocenters. The lowest BCUT2D eigenvalue weighted by Gasteiger charge is -2.10. The maximum atomic E-state index is 9.36. The Morgan fingerprint density at radius 2 is 2.27 bits per heavy atom. The molecule has 0 amide bonds. The van der Waals surface area contributed by atoms with E-state index in [1.165, 1.54) is 6.20 Å². The standard InChI is InChI=1S/C10H16N4O/c11-9-5-14-10(6-12-9)13-4-7-1-2-8(15)3-7/h5-8,15H,1-4H2,(H2,11,12)(H,13,14). The Bertz CT molecular complexity index is 314. The molecule has 1 aromatic heterocycles. The highest BCUT2D eigenvalue weighted by Crippen LogP contribution is 2.25. The third-order valence-corrected chi connectivity index (χ3v) is 2.76. The SMILES string of the molecule is Nc1cnc(NCC2CCC(O)C2)cn1. The van der Waals surface area contributed by atoms with E-state index in [-0.39, 0.29) is 6.10 Å². The first-order valence-electron chi connectivity index (χ1n) is 5.23. The zero-order valence-electron chi connectivity index (χ0n) is 8.56. The Morgan fingerprint density at radius 3 is 2.87 bits per heavy atom. The zero-order chi connectivity index (χ0) is 10.7. The normalized spacial score (nSPS) is 25.4. The number of aromatic nitrogens is 2. The first-order chi connectivity index (χ1) is 7.24. The minimum absolute atomic E-state index is 0.116. The molecule has 1 aliphatic rings. The minimum atomic E-state index is -0.116. The van der Waals surface area contributed by atoms with E-state index in [0.717, 1.165) is 31.6 Å². The van der Waals surface area contributed by atoms with Gasteiger partial charge >= 0.3 is 0 Å². The molecule has 82 valence electrons. The summed E-state index contributed by atoms with van der Waals surface area (Å²) in [4.78, 5) is 8.04. The van der Waals surface area contributed by atoms with E-state index in [2.05, 4.69) is 15.3 Å². The van der Waals surface area contributed by atoms with Crippen molar-refractivity contribution in [2.45, 2.75) is 25.4 Å². The summed E-state index contributed by atoms with van der Waals surface area (Å²) in [5.74, 6) is 1.71. The van der Waals surface area contributed by atoms with Crippen molar-refractivity contribution in [3.8, 4) is 0 Å². The van der Waals surface area contributed by atoms with Crippen molar-refractivity contribution < 1.29 is 5.11 Å². The molecular weight excluding hydrogens is 192 g/mol. The summed E-state index contributed by atoms with van der Waals surface area (Å²) in [7, 11) is 0. The van der Waals surface area contributed by atoms with E-state index < -0.39 is 0 Å². The summed E-state index contributed by atoms with van der Waals surface area (Å²) in [6, 6.07) is 0. The van der Waals surface area contributed by atoms with Crippen molar-refractivity contribution in [1.82, 2.24) is 9.97 Å². The predicted octanol–water partition coefficient (Wildman–Crippen LogP) is 0.632. The highest BCUT2D eigenvalue weighted by molar-refractivity contribution is 5.35. The van der Waals surface area contributed by atoms with Gasteiger partial charge in [-0.1, -0.05) is 0 Å². The van der Waals surface area contributed by atoms with Crippen LogP contribution in [0.4, 0.5) is 11.6 Å². The summed E-state index contributed by atoms with van der Waals surface area (Å²) >= 11 is 0. The monoisotopic (exact) mass is 208 g/mol. The third kappa shape index (κ3) is 2.79. The van der Waals surface area contributed by atoms with Crippen molar-refractivity contribution in [3.63, 3.8) is 0 Å². The summed E-state index contributed by atoms with van der Waals surface area (Å²) < 4.78 is 0.